The van der Waals surface area contributed by atoms with Crippen LogP contribution in [-0.4, -0.2) is 29.3 Å². The number of carbonyl (C=O) groups is 1. The summed E-state index contributed by atoms with van der Waals surface area (Å²) in [6.07, 6.45) is 7.94. The molecule has 0 bridgehead atoms. The fourth-order valence-electron chi connectivity index (χ4n) is 2.25. The highest BCUT2D eigenvalue weighted by atomic mass is 16.1. The molecular weight excluding hydrogens is 190 g/mol. The van der Waals surface area contributed by atoms with Gasteiger partial charge in [0.15, 0.2) is 6.29 Å². The lowest BCUT2D eigenvalue weighted by atomic mass is 10.1. The van der Waals surface area contributed by atoms with Gasteiger partial charge in [0, 0.05) is 25.5 Å². The number of hydrogen-bond acceptors (Lipinski definition) is 4. The second-order valence-corrected chi connectivity index (χ2v) is 4.61. The van der Waals surface area contributed by atoms with Gasteiger partial charge in [-0.1, -0.05) is 0 Å². The molecule has 3 rings (SSSR count). The summed E-state index contributed by atoms with van der Waals surface area (Å²) in [5, 5.41) is 0. The van der Waals surface area contributed by atoms with Gasteiger partial charge in [0.05, 0.1) is 5.56 Å². The zero-order chi connectivity index (χ0) is 10.3. The monoisotopic (exact) mass is 203 g/mol. The first-order valence-electron chi connectivity index (χ1n) is 5.34. The smallest absolute Gasteiger partial charge is 0.225 e. The van der Waals surface area contributed by atoms with Crippen LogP contribution in [0.3, 0.4) is 0 Å². The average molecular weight is 203 g/mol. The number of hydrogen-bond donors (Lipinski definition) is 0. The Labute approximate surface area is 88.3 Å². The molecule has 15 heavy (non-hydrogen) atoms. The van der Waals surface area contributed by atoms with Crippen LogP contribution in [0.1, 0.15) is 29.6 Å². The van der Waals surface area contributed by atoms with E-state index < -0.39 is 0 Å². The van der Waals surface area contributed by atoms with Gasteiger partial charge in [-0.3, -0.25) is 4.79 Å². The van der Waals surface area contributed by atoms with E-state index in [1.807, 2.05) is 0 Å². The zero-order valence-corrected chi connectivity index (χ0v) is 8.52. The highest BCUT2D eigenvalue weighted by molar-refractivity contribution is 5.73. The van der Waals surface area contributed by atoms with Crippen molar-refractivity contribution in [3.05, 3.63) is 18.0 Å². The van der Waals surface area contributed by atoms with Gasteiger partial charge in [0.25, 0.3) is 0 Å². The van der Waals surface area contributed by atoms with E-state index >= 15 is 0 Å². The van der Waals surface area contributed by atoms with Crippen LogP contribution in [0.4, 0.5) is 5.95 Å². The second-order valence-electron chi connectivity index (χ2n) is 4.61. The molecular formula is C11H13N3O. The first kappa shape index (κ1) is 8.83. The molecule has 4 nitrogen and oxygen atoms in total. The normalized spacial score (nSPS) is 22.0. The molecule has 78 valence electrons. The van der Waals surface area contributed by atoms with Crippen LogP contribution < -0.4 is 4.90 Å². The lowest BCUT2D eigenvalue weighted by molar-refractivity contribution is 0.112. The Kier molecular flexibility index (Phi) is 1.78. The minimum Gasteiger partial charge on any atom is -0.340 e. The van der Waals surface area contributed by atoms with Gasteiger partial charge >= 0.3 is 0 Å². The molecule has 1 aromatic rings. The third-order valence-corrected chi connectivity index (χ3v) is 3.47. The van der Waals surface area contributed by atoms with E-state index in [-0.39, 0.29) is 0 Å². The Bertz CT molecular complexity index is 383. The van der Waals surface area contributed by atoms with Crippen LogP contribution in [0.15, 0.2) is 12.4 Å². The maximum Gasteiger partial charge on any atom is 0.225 e. The van der Waals surface area contributed by atoms with Gasteiger partial charge in [-0.05, 0) is 24.7 Å². The maximum absolute atomic E-state index is 10.5. The van der Waals surface area contributed by atoms with E-state index in [9.17, 15) is 4.79 Å². The Morgan fingerprint density at radius 2 is 2.00 bits per heavy atom. The van der Waals surface area contributed by atoms with E-state index in [0.29, 0.717) is 11.0 Å². The fourth-order valence-corrected chi connectivity index (χ4v) is 2.25. The Hall–Kier alpha value is -1.45. The van der Waals surface area contributed by atoms with E-state index in [1.54, 1.807) is 12.4 Å². The third-order valence-electron chi connectivity index (χ3n) is 3.47. The molecule has 2 fully saturated rings. The highest BCUT2D eigenvalue weighted by Crippen LogP contribution is 2.52. The van der Waals surface area contributed by atoms with Crippen molar-refractivity contribution >= 4 is 12.2 Å². The van der Waals surface area contributed by atoms with Crippen LogP contribution in [0, 0.1) is 5.41 Å². The number of carbonyl (C=O) groups excluding carboxylic acids is 1. The highest BCUT2D eigenvalue weighted by Gasteiger charge is 2.48. The van der Waals surface area contributed by atoms with Crippen LogP contribution in [0.5, 0.6) is 0 Å². The van der Waals surface area contributed by atoms with E-state index in [4.69, 9.17) is 0 Å². The summed E-state index contributed by atoms with van der Waals surface area (Å²) in [5.74, 6) is 0.768. The van der Waals surface area contributed by atoms with Gasteiger partial charge in [0.2, 0.25) is 5.95 Å². The summed E-state index contributed by atoms with van der Waals surface area (Å²) in [6, 6.07) is 0. The molecule has 0 N–H and O–H groups in total. The third kappa shape index (κ3) is 1.50. The summed E-state index contributed by atoms with van der Waals surface area (Å²) < 4.78 is 0. The van der Waals surface area contributed by atoms with Gasteiger partial charge < -0.3 is 4.90 Å². The standard InChI is InChI=1S/C11H13N3O/c15-7-9-5-12-10(13-6-9)14-4-3-11(8-14)1-2-11/h5-7H,1-4,8H2. The number of aromatic nitrogens is 2. The Morgan fingerprint density at radius 1 is 1.27 bits per heavy atom. The molecule has 1 spiro atoms. The molecule has 2 heterocycles. The van der Waals surface area contributed by atoms with Crippen molar-refractivity contribution in [1.29, 1.82) is 0 Å². The molecule has 0 unspecified atom stereocenters. The molecule has 4 heteroatoms. The second kappa shape index (κ2) is 3.02. The number of anilines is 1. The summed E-state index contributed by atoms with van der Waals surface area (Å²) in [5.41, 5.74) is 1.13. The zero-order valence-electron chi connectivity index (χ0n) is 8.52. The van der Waals surface area contributed by atoms with Crippen molar-refractivity contribution < 1.29 is 4.79 Å². The van der Waals surface area contributed by atoms with Crippen molar-refractivity contribution in [1.82, 2.24) is 9.97 Å². The molecule has 0 amide bonds. The number of rotatable bonds is 2. The van der Waals surface area contributed by atoms with Gasteiger partial charge in [-0.15, -0.1) is 0 Å². The van der Waals surface area contributed by atoms with Crippen molar-refractivity contribution in [2.75, 3.05) is 18.0 Å². The maximum atomic E-state index is 10.5. The lowest BCUT2D eigenvalue weighted by Gasteiger charge is -2.15. The van der Waals surface area contributed by atoms with Crippen LogP contribution in [-0.2, 0) is 0 Å². The molecule has 1 saturated carbocycles. The van der Waals surface area contributed by atoms with Gasteiger partial charge in [-0.25, -0.2) is 9.97 Å². The molecule has 0 atom stereocenters. The predicted molar refractivity (Wildman–Crippen MR) is 55.9 cm³/mol. The summed E-state index contributed by atoms with van der Waals surface area (Å²) in [6.45, 7) is 2.15. The predicted octanol–water partition coefficient (Wildman–Crippen LogP) is 1.28. The van der Waals surface area contributed by atoms with Crippen molar-refractivity contribution in [3.63, 3.8) is 0 Å². The molecule has 0 aromatic carbocycles. The minimum atomic E-state index is 0.541. The van der Waals surface area contributed by atoms with Crippen molar-refractivity contribution in [2.45, 2.75) is 19.3 Å². The van der Waals surface area contributed by atoms with E-state index in [2.05, 4.69) is 14.9 Å². The summed E-state index contributed by atoms with van der Waals surface area (Å²) >= 11 is 0. The molecule has 1 saturated heterocycles. The van der Waals surface area contributed by atoms with Crippen molar-refractivity contribution in [3.8, 4) is 0 Å². The Morgan fingerprint density at radius 3 is 2.53 bits per heavy atom. The molecule has 2 aliphatic rings. The van der Waals surface area contributed by atoms with Crippen LogP contribution in [0.2, 0.25) is 0 Å². The quantitative estimate of drug-likeness (QED) is 0.679. The van der Waals surface area contributed by atoms with E-state index in [1.165, 1.54) is 19.3 Å². The fraction of sp³-hybridized carbons (Fsp3) is 0.545. The first-order valence-corrected chi connectivity index (χ1v) is 5.34. The average Bonchev–Trinajstić information content (AvgIpc) is 2.90. The Balaban J connectivity index is 1.78. The van der Waals surface area contributed by atoms with Gasteiger partial charge in [-0.2, -0.15) is 0 Å². The van der Waals surface area contributed by atoms with Crippen molar-refractivity contribution in [2.24, 2.45) is 5.41 Å². The number of aldehydes is 1. The SMILES string of the molecule is O=Cc1cnc(N2CCC3(CC3)C2)nc1. The van der Waals surface area contributed by atoms with Gasteiger partial charge in [0.1, 0.15) is 0 Å². The largest absolute Gasteiger partial charge is 0.340 e. The number of nitrogens with zero attached hydrogens (tertiary/aromatic N) is 3. The first-order chi connectivity index (χ1) is 7.31. The van der Waals surface area contributed by atoms with Crippen LogP contribution >= 0.6 is 0 Å². The molecule has 1 aliphatic carbocycles. The molecule has 1 aliphatic heterocycles. The summed E-state index contributed by atoms with van der Waals surface area (Å²) in [4.78, 5) is 21.1. The van der Waals surface area contributed by atoms with Crippen LogP contribution in [0.25, 0.3) is 0 Å². The topological polar surface area (TPSA) is 46.1 Å². The molecule has 1 aromatic heterocycles. The summed E-state index contributed by atoms with van der Waals surface area (Å²) in [7, 11) is 0. The molecule has 0 radical (unpaired) electrons. The lowest BCUT2D eigenvalue weighted by Crippen LogP contribution is -2.22. The minimum absolute atomic E-state index is 0.541. The van der Waals surface area contributed by atoms with E-state index in [0.717, 1.165) is 25.3 Å².